The summed E-state index contributed by atoms with van der Waals surface area (Å²) >= 11 is 0. The van der Waals surface area contributed by atoms with Crippen molar-refractivity contribution < 1.29 is 19.1 Å². The molecule has 1 heterocycles. The second-order valence-electron chi connectivity index (χ2n) is 8.28. The molecule has 0 saturated carbocycles. The smallest absolute Gasteiger partial charge is 0.341 e. The van der Waals surface area contributed by atoms with E-state index in [0.717, 1.165) is 11.6 Å². The van der Waals surface area contributed by atoms with Crippen molar-refractivity contribution in [1.29, 1.82) is 0 Å². The predicted molar refractivity (Wildman–Crippen MR) is 123 cm³/mol. The Morgan fingerprint density at radius 1 is 0.906 bits per heavy atom. The normalized spacial score (nSPS) is 11.1. The van der Waals surface area contributed by atoms with Crippen LogP contribution < -0.4 is 5.56 Å². The number of pyridine rings is 1. The van der Waals surface area contributed by atoms with Gasteiger partial charge in [0, 0.05) is 6.07 Å². The Morgan fingerprint density at radius 3 is 2.06 bits per heavy atom. The summed E-state index contributed by atoms with van der Waals surface area (Å²) < 4.78 is 12.3. The van der Waals surface area contributed by atoms with Crippen molar-refractivity contribution in [3.05, 3.63) is 93.8 Å². The largest absolute Gasteiger partial charge is 0.462 e. The Morgan fingerprint density at radius 2 is 1.50 bits per heavy atom. The van der Waals surface area contributed by atoms with Crippen molar-refractivity contribution in [1.82, 2.24) is 4.57 Å². The number of carbonyl (C=O) groups is 2. The van der Waals surface area contributed by atoms with E-state index in [-0.39, 0.29) is 24.3 Å². The van der Waals surface area contributed by atoms with Gasteiger partial charge < -0.3 is 14.0 Å². The van der Waals surface area contributed by atoms with Crippen LogP contribution in [0.15, 0.2) is 71.5 Å². The Kier molecular flexibility index (Phi) is 6.93. The summed E-state index contributed by atoms with van der Waals surface area (Å²) in [5.74, 6) is -1.43. The highest BCUT2D eigenvalue weighted by Crippen LogP contribution is 2.28. The number of benzene rings is 2. The molecule has 3 aromatic rings. The fraction of sp³-hybridized carbons (Fsp3) is 0.269. The Balaban J connectivity index is 2.33. The van der Waals surface area contributed by atoms with Gasteiger partial charge in [0.25, 0.3) is 5.56 Å². The zero-order chi connectivity index (χ0) is 23.3. The molecule has 0 radical (unpaired) electrons. The lowest BCUT2D eigenvalue weighted by atomic mass is 9.99. The molecule has 3 rings (SSSR count). The molecule has 0 aliphatic rings. The zero-order valence-corrected chi connectivity index (χ0v) is 18.8. The van der Waals surface area contributed by atoms with Crippen LogP contribution in [0.2, 0.25) is 0 Å². The second kappa shape index (κ2) is 9.64. The van der Waals surface area contributed by atoms with Crippen molar-refractivity contribution in [2.45, 2.75) is 39.8 Å². The van der Waals surface area contributed by atoms with Gasteiger partial charge in [-0.25, -0.2) is 9.59 Å². The van der Waals surface area contributed by atoms with E-state index in [1.807, 2.05) is 48.5 Å². The second-order valence-corrected chi connectivity index (χ2v) is 8.28. The van der Waals surface area contributed by atoms with E-state index in [1.54, 1.807) is 39.8 Å². The van der Waals surface area contributed by atoms with Crippen LogP contribution in [-0.4, -0.2) is 28.7 Å². The van der Waals surface area contributed by atoms with Gasteiger partial charge in [-0.05, 0) is 38.8 Å². The van der Waals surface area contributed by atoms with Crippen LogP contribution >= 0.6 is 0 Å². The van der Waals surface area contributed by atoms with Gasteiger partial charge in [0.1, 0.15) is 5.60 Å². The molecule has 0 unspecified atom stereocenters. The summed E-state index contributed by atoms with van der Waals surface area (Å²) in [6.07, 6.45) is 0. The first-order chi connectivity index (χ1) is 15.2. The summed E-state index contributed by atoms with van der Waals surface area (Å²) in [6.45, 7) is 7.22. The third-order valence-electron chi connectivity index (χ3n) is 4.64. The molecule has 32 heavy (non-hydrogen) atoms. The van der Waals surface area contributed by atoms with E-state index >= 15 is 0 Å². The number of rotatable bonds is 6. The van der Waals surface area contributed by atoms with Gasteiger partial charge in [0.15, 0.2) is 0 Å². The molecule has 0 aliphatic carbocycles. The lowest BCUT2D eigenvalue weighted by Gasteiger charge is -2.23. The van der Waals surface area contributed by atoms with Crippen molar-refractivity contribution in [2.75, 3.05) is 6.61 Å². The average molecular weight is 434 g/mol. The minimum atomic E-state index is -0.797. The molecule has 0 saturated heterocycles. The minimum absolute atomic E-state index is 0.0165. The van der Waals surface area contributed by atoms with Crippen molar-refractivity contribution in [2.24, 2.45) is 0 Å². The molecule has 1 aromatic heterocycles. The summed E-state index contributed by atoms with van der Waals surface area (Å²) in [6, 6.07) is 19.6. The topological polar surface area (TPSA) is 74.6 Å². The maximum atomic E-state index is 13.2. The Hall–Kier alpha value is -3.67. The number of aromatic nitrogens is 1. The molecule has 6 heteroatoms. The van der Waals surface area contributed by atoms with E-state index < -0.39 is 23.1 Å². The monoisotopic (exact) mass is 433 g/mol. The molecular formula is C26H27NO5. The molecule has 0 N–H and O–H groups in total. The van der Waals surface area contributed by atoms with Crippen LogP contribution in [0.3, 0.4) is 0 Å². The molecular weight excluding hydrogens is 406 g/mol. The van der Waals surface area contributed by atoms with Crippen LogP contribution in [0.1, 0.15) is 54.0 Å². The molecule has 2 aromatic carbocycles. The maximum Gasteiger partial charge on any atom is 0.341 e. The Bertz CT molecular complexity index is 1160. The van der Waals surface area contributed by atoms with Crippen LogP contribution in [0.5, 0.6) is 0 Å². The van der Waals surface area contributed by atoms with E-state index in [1.165, 1.54) is 4.57 Å². The standard InChI is InChI=1S/C26H27NO5/c1-5-31-25(30)22-20(24(29)32-26(2,3)4)16-21(28)27(17-18-12-8-6-9-13-18)23(22)19-14-10-7-11-15-19/h6-16H,5,17H2,1-4H3. The lowest BCUT2D eigenvalue weighted by molar-refractivity contribution is 0.00639. The molecule has 6 nitrogen and oxygen atoms in total. The van der Waals surface area contributed by atoms with E-state index in [0.29, 0.717) is 11.3 Å². The van der Waals surface area contributed by atoms with Gasteiger partial charge >= 0.3 is 11.9 Å². The van der Waals surface area contributed by atoms with Crippen molar-refractivity contribution in [3.8, 4) is 11.3 Å². The minimum Gasteiger partial charge on any atom is -0.462 e. The molecule has 0 spiro atoms. The first-order valence-electron chi connectivity index (χ1n) is 10.5. The Labute approximate surface area is 187 Å². The molecule has 0 aliphatic heterocycles. The van der Waals surface area contributed by atoms with Gasteiger partial charge in [0.05, 0.1) is 30.0 Å². The van der Waals surface area contributed by atoms with Crippen LogP contribution in [-0.2, 0) is 16.0 Å². The number of nitrogens with zero attached hydrogens (tertiary/aromatic N) is 1. The summed E-state index contributed by atoms with van der Waals surface area (Å²) in [5.41, 5.74) is 0.521. The number of carbonyl (C=O) groups excluding carboxylic acids is 2. The molecule has 0 atom stereocenters. The molecule has 0 amide bonds. The third kappa shape index (κ3) is 5.32. The molecule has 166 valence electrons. The average Bonchev–Trinajstić information content (AvgIpc) is 2.75. The van der Waals surface area contributed by atoms with E-state index in [9.17, 15) is 14.4 Å². The first-order valence-corrected chi connectivity index (χ1v) is 10.5. The fourth-order valence-electron chi connectivity index (χ4n) is 3.37. The van der Waals surface area contributed by atoms with Gasteiger partial charge in [-0.15, -0.1) is 0 Å². The van der Waals surface area contributed by atoms with E-state index in [2.05, 4.69) is 0 Å². The molecule has 0 fully saturated rings. The third-order valence-corrected chi connectivity index (χ3v) is 4.64. The number of hydrogen-bond acceptors (Lipinski definition) is 5. The van der Waals surface area contributed by atoms with Gasteiger partial charge in [-0.1, -0.05) is 60.7 Å². The van der Waals surface area contributed by atoms with Crippen LogP contribution in [0, 0.1) is 0 Å². The fourth-order valence-corrected chi connectivity index (χ4v) is 3.37. The zero-order valence-electron chi connectivity index (χ0n) is 18.8. The van der Waals surface area contributed by atoms with Crippen LogP contribution in [0.25, 0.3) is 11.3 Å². The predicted octanol–water partition coefficient (Wildman–Crippen LogP) is 4.70. The molecule has 0 bridgehead atoms. The first kappa shape index (κ1) is 23.0. The van der Waals surface area contributed by atoms with Crippen LogP contribution in [0.4, 0.5) is 0 Å². The highest BCUT2D eigenvalue weighted by atomic mass is 16.6. The summed E-state index contributed by atoms with van der Waals surface area (Å²) in [7, 11) is 0. The van der Waals surface area contributed by atoms with Crippen molar-refractivity contribution >= 4 is 11.9 Å². The van der Waals surface area contributed by atoms with E-state index in [4.69, 9.17) is 9.47 Å². The number of ether oxygens (including phenoxy) is 2. The summed E-state index contributed by atoms with van der Waals surface area (Å²) in [4.78, 5) is 39.4. The lowest BCUT2D eigenvalue weighted by Crippen LogP contribution is -2.31. The highest BCUT2D eigenvalue weighted by Gasteiger charge is 2.30. The van der Waals surface area contributed by atoms with Crippen molar-refractivity contribution in [3.63, 3.8) is 0 Å². The van der Waals surface area contributed by atoms with Gasteiger partial charge in [-0.3, -0.25) is 4.79 Å². The SMILES string of the molecule is CCOC(=O)c1c(C(=O)OC(C)(C)C)cc(=O)n(Cc2ccccc2)c1-c1ccccc1. The summed E-state index contributed by atoms with van der Waals surface area (Å²) in [5, 5.41) is 0. The van der Waals surface area contributed by atoms with Gasteiger partial charge in [-0.2, -0.15) is 0 Å². The number of hydrogen-bond donors (Lipinski definition) is 0. The van der Waals surface area contributed by atoms with Gasteiger partial charge in [0.2, 0.25) is 0 Å². The quantitative estimate of drug-likeness (QED) is 0.527. The maximum absolute atomic E-state index is 13.2. The highest BCUT2D eigenvalue weighted by molar-refractivity contribution is 6.07. The number of esters is 2.